The molecule has 0 saturated carbocycles. The molecule has 0 fully saturated rings. The minimum atomic E-state index is -4.81. The number of halogens is 3. The van der Waals surface area contributed by atoms with Gasteiger partial charge in [-0.05, 0) is 48.7 Å². The molecule has 0 saturated heterocycles. The van der Waals surface area contributed by atoms with Gasteiger partial charge in [0, 0.05) is 24.5 Å². The number of hydrogen-bond donors (Lipinski definition) is 2. The number of pyridine rings is 1. The summed E-state index contributed by atoms with van der Waals surface area (Å²) in [6, 6.07) is 13.2. The summed E-state index contributed by atoms with van der Waals surface area (Å²) in [5.41, 5.74) is 2.77. The van der Waals surface area contributed by atoms with Gasteiger partial charge in [0.2, 0.25) is 11.7 Å². The Kier molecular flexibility index (Phi) is 6.54. The van der Waals surface area contributed by atoms with Crippen LogP contribution in [0.3, 0.4) is 0 Å². The number of hydrogen-bond acceptors (Lipinski definition) is 4. The van der Waals surface area contributed by atoms with Crippen LogP contribution in [-0.2, 0) is 24.1 Å². The first-order chi connectivity index (χ1) is 16.6. The van der Waals surface area contributed by atoms with Crippen molar-refractivity contribution >= 4 is 28.5 Å². The third-order valence-electron chi connectivity index (χ3n) is 5.50. The molecule has 0 atom stereocenters. The zero-order chi connectivity index (χ0) is 25.2. The van der Waals surface area contributed by atoms with Crippen molar-refractivity contribution < 1.29 is 22.8 Å². The molecule has 4 aromatic rings. The van der Waals surface area contributed by atoms with Crippen molar-refractivity contribution in [1.82, 2.24) is 19.9 Å². The van der Waals surface area contributed by atoms with E-state index in [1.165, 1.54) is 18.2 Å². The molecule has 2 N–H and O–H groups in total. The van der Waals surface area contributed by atoms with Gasteiger partial charge in [0.15, 0.2) is 0 Å². The van der Waals surface area contributed by atoms with Crippen LogP contribution in [0.5, 0.6) is 0 Å². The number of rotatable bonds is 6. The molecule has 2 aromatic carbocycles. The van der Waals surface area contributed by atoms with Crippen LogP contribution in [0.15, 0.2) is 60.9 Å². The molecule has 0 aliphatic heterocycles. The monoisotopic (exact) mass is 481 g/mol. The van der Waals surface area contributed by atoms with E-state index in [-0.39, 0.29) is 23.3 Å². The highest BCUT2D eigenvalue weighted by atomic mass is 19.4. The molecule has 180 valence electrons. The fourth-order valence-electron chi connectivity index (χ4n) is 3.88. The fourth-order valence-corrected chi connectivity index (χ4v) is 3.88. The van der Waals surface area contributed by atoms with Crippen molar-refractivity contribution in [2.45, 2.75) is 33.1 Å². The van der Waals surface area contributed by atoms with Crippen LogP contribution in [0.25, 0.3) is 11.0 Å². The maximum atomic E-state index is 13.8. The number of imidazole rings is 1. The summed E-state index contributed by atoms with van der Waals surface area (Å²) in [6.45, 7) is 3.09. The van der Waals surface area contributed by atoms with Gasteiger partial charge < -0.3 is 15.2 Å². The van der Waals surface area contributed by atoms with Crippen molar-refractivity contribution in [3.8, 4) is 0 Å². The van der Waals surface area contributed by atoms with Crippen LogP contribution < -0.4 is 10.6 Å². The van der Waals surface area contributed by atoms with E-state index in [1.807, 2.05) is 6.07 Å². The number of fused-ring (bicyclic) bond motifs is 1. The average Bonchev–Trinajstić information content (AvgIpc) is 3.18. The molecule has 2 heterocycles. The molecule has 10 heteroatoms. The first kappa shape index (κ1) is 23.9. The Labute approximate surface area is 199 Å². The van der Waals surface area contributed by atoms with Gasteiger partial charge in [-0.1, -0.05) is 30.3 Å². The number of anilines is 1. The van der Waals surface area contributed by atoms with E-state index < -0.39 is 30.4 Å². The summed E-state index contributed by atoms with van der Waals surface area (Å²) in [7, 11) is 0. The van der Waals surface area contributed by atoms with E-state index in [0.29, 0.717) is 11.1 Å². The Hall–Kier alpha value is -4.21. The summed E-state index contributed by atoms with van der Waals surface area (Å²) >= 11 is 0. The van der Waals surface area contributed by atoms with E-state index in [2.05, 4.69) is 20.6 Å². The van der Waals surface area contributed by atoms with E-state index in [1.54, 1.807) is 50.5 Å². The topological polar surface area (TPSA) is 88.9 Å². The van der Waals surface area contributed by atoms with Crippen LogP contribution in [-0.4, -0.2) is 26.3 Å². The van der Waals surface area contributed by atoms with Gasteiger partial charge in [0.05, 0.1) is 11.2 Å². The third-order valence-corrected chi connectivity index (χ3v) is 5.50. The number of alkyl halides is 3. The maximum absolute atomic E-state index is 13.8. The highest BCUT2D eigenvalue weighted by Gasteiger charge is 2.38. The number of para-hydroxylation sites is 1. The molecule has 0 spiro atoms. The van der Waals surface area contributed by atoms with Crippen LogP contribution in [0.4, 0.5) is 18.9 Å². The van der Waals surface area contributed by atoms with Crippen molar-refractivity contribution in [1.29, 1.82) is 0 Å². The van der Waals surface area contributed by atoms with Crippen molar-refractivity contribution in [2.24, 2.45) is 0 Å². The molecule has 0 aliphatic carbocycles. The Morgan fingerprint density at radius 1 is 1.00 bits per heavy atom. The Balaban J connectivity index is 1.66. The maximum Gasteiger partial charge on any atom is 0.449 e. The van der Waals surface area contributed by atoms with E-state index in [0.717, 1.165) is 15.7 Å². The van der Waals surface area contributed by atoms with E-state index >= 15 is 0 Å². The normalized spacial score (nSPS) is 11.5. The molecule has 2 amide bonds. The molecule has 0 aliphatic rings. The summed E-state index contributed by atoms with van der Waals surface area (Å²) in [6.07, 6.45) is -1.68. The number of carbonyl (C=O) groups excluding carboxylic acids is 2. The van der Waals surface area contributed by atoms with Gasteiger partial charge in [0.1, 0.15) is 12.1 Å². The van der Waals surface area contributed by atoms with Gasteiger partial charge in [-0.15, -0.1) is 0 Å². The average molecular weight is 481 g/mol. The summed E-state index contributed by atoms with van der Waals surface area (Å²) < 4.78 is 42.3. The Morgan fingerprint density at radius 3 is 2.37 bits per heavy atom. The highest BCUT2D eigenvalue weighted by molar-refractivity contribution is 6.09. The molecule has 7 nitrogen and oxygen atoms in total. The van der Waals surface area contributed by atoms with Crippen LogP contribution in [0.1, 0.15) is 32.9 Å². The summed E-state index contributed by atoms with van der Waals surface area (Å²) in [5.74, 6) is -2.30. The van der Waals surface area contributed by atoms with Gasteiger partial charge in [-0.2, -0.15) is 13.2 Å². The standard InChI is InChI=1S/C25H22F3N5O2/c1-15-6-3-7-16(2)21(15)23(35)31-18-9-4-10-19-22(18)32-24(25(26,27)28)33(19)14-20(34)30-13-17-8-5-11-29-12-17/h3-12H,13-14H2,1-2H3,(H,30,34)(H,31,35). The van der Waals surface area contributed by atoms with Crippen LogP contribution in [0.2, 0.25) is 0 Å². The van der Waals surface area contributed by atoms with Gasteiger partial charge in [-0.25, -0.2) is 4.98 Å². The molecule has 2 aromatic heterocycles. The number of nitrogens with one attached hydrogen (secondary N) is 2. The van der Waals surface area contributed by atoms with Crippen molar-refractivity contribution in [3.63, 3.8) is 0 Å². The quantitative estimate of drug-likeness (QED) is 0.420. The molecule has 0 bridgehead atoms. The second-order valence-electron chi connectivity index (χ2n) is 8.05. The SMILES string of the molecule is Cc1cccc(C)c1C(=O)Nc1cccc2c1nc(C(F)(F)F)n2CC(=O)NCc1cccnc1. The van der Waals surface area contributed by atoms with Gasteiger partial charge >= 0.3 is 6.18 Å². The smallest absolute Gasteiger partial charge is 0.350 e. The van der Waals surface area contributed by atoms with E-state index in [4.69, 9.17) is 0 Å². The highest BCUT2D eigenvalue weighted by Crippen LogP contribution is 2.34. The lowest BCUT2D eigenvalue weighted by atomic mass is 10.0. The molecule has 0 radical (unpaired) electrons. The Bertz CT molecular complexity index is 1380. The number of benzene rings is 2. The number of aryl methyl sites for hydroxylation is 2. The van der Waals surface area contributed by atoms with Gasteiger partial charge in [0.25, 0.3) is 5.91 Å². The second-order valence-corrected chi connectivity index (χ2v) is 8.05. The third kappa shape index (κ3) is 5.16. The molecule has 4 rings (SSSR count). The molecular weight excluding hydrogens is 459 g/mol. The lowest BCUT2D eigenvalue weighted by Gasteiger charge is -2.12. The van der Waals surface area contributed by atoms with Gasteiger partial charge in [-0.3, -0.25) is 14.6 Å². The minimum Gasteiger partial charge on any atom is -0.350 e. The largest absolute Gasteiger partial charge is 0.449 e. The molecular formula is C25H22F3N5O2. The number of nitrogens with zero attached hydrogens (tertiary/aromatic N) is 3. The summed E-state index contributed by atoms with van der Waals surface area (Å²) in [4.78, 5) is 33.2. The van der Waals surface area contributed by atoms with Crippen LogP contribution >= 0.6 is 0 Å². The minimum absolute atomic E-state index is 0.0560. The first-order valence-corrected chi connectivity index (χ1v) is 10.7. The lowest BCUT2D eigenvalue weighted by molar-refractivity contribution is -0.147. The number of aromatic nitrogens is 3. The molecule has 0 unspecified atom stereocenters. The predicted octanol–water partition coefficient (Wildman–Crippen LogP) is 4.64. The zero-order valence-electron chi connectivity index (χ0n) is 19.0. The Morgan fingerprint density at radius 2 is 1.71 bits per heavy atom. The fraction of sp³-hybridized carbons (Fsp3) is 0.200. The zero-order valence-corrected chi connectivity index (χ0v) is 19.0. The van der Waals surface area contributed by atoms with E-state index in [9.17, 15) is 22.8 Å². The lowest BCUT2D eigenvalue weighted by Crippen LogP contribution is -2.29. The second kappa shape index (κ2) is 9.57. The van der Waals surface area contributed by atoms with Crippen molar-refractivity contribution in [3.05, 3.63) is 89.0 Å². The summed E-state index contributed by atoms with van der Waals surface area (Å²) in [5, 5.41) is 5.28. The van der Waals surface area contributed by atoms with Crippen LogP contribution in [0, 0.1) is 13.8 Å². The predicted molar refractivity (Wildman–Crippen MR) is 125 cm³/mol. The number of amides is 2. The number of carbonyl (C=O) groups is 2. The van der Waals surface area contributed by atoms with Crippen molar-refractivity contribution in [2.75, 3.05) is 5.32 Å². The molecule has 35 heavy (non-hydrogen) atoms. The first-order valence-electron chi connectivity index (χ1n) is 10.7.